The SMILES string of the molecule is Cn1cc(-c2cc(=S)nc(-c3cccc(Br)c3)[nH]2)cn1. The van der Waals surface area contributed by atoms with Gasteiger partial charge >= 0.3 is 0 Å². The van der Waals surface area contributed by atoms with Gasteiger partial charge in [-0.1, -0.05) is 40.3 Å². The van der Waals surface area contributed by atoms with Gasteiger partial charge in [0, 0.05) is 28.8 Å². The van der Waals surface area contributed by atoms with Gasteiger partial charge in [0.05, 0.1) is 11.9 Å². The van der Waals surface area contributed by atoms with Crippen molar-refractivity contribution in [2.75, 3.05) is 0 Å². The molecule has 6 heteroatoms. The third kappa shape index (κ3) is 2.71. The zero-order valence-electron chi connectivity index (χ0n) is 10.7. The van der Waals surface area contributed by atoms with Gasteiger partial charge in [0.25, 0.3) is 0 Å². The second-order valence-electron chi connectivity index (χ2n) is 4.39. The number of halogens is 1. The summed E-state index contributed by atoms with van der Waals surface area (Å²) in [6, 6.07) is 9.78. The van der Waals surface area contributed by atoms with E-state index >= 15 is 0 Å². The Labute approximate surface area is 129 Å². The van der Waals surface area contributed by atoms with Crippen molar-refractivity contribution in [1.29, 1.82) is 0 Å². The van der Waals surface area contributed by atoms with Gasteiger partial charge in [-0.3, -0.25) is 4.68 Å². The first-order chi connectivity index (χ1) is 9.61. The third-order valence-corrected chi connectivity index (χ3v) is 3.56. The van der Waals surface area contributed by atoms with Crippen LogP contribution in [0.5, 0.6) is 0 Å². The molecule has 4 nitrogen and oxygen atoms in total. The first kappa shape index (κ1) is 13.2. The third-order valence-electron chi connectivity index (χ3n) is 2.86. The number of aromatic nitrogens is 4. The molecule has 2 heterocycles. The van der Waals surface area contributed by atoms with Gasteiger partial charge in [-0.2, -0.15) is 5.10 Å². The number of hydrogen-bond acceptors (Lipinski definition) is 3. The van der Waals surface area contributed by atoms with E-state index in [4.69, 9.17) is 12.2 Å². The smallest absolute Gasteiger partial charge is 0.139 e. The molecule has 0 radical (unpaired) electrons. The Morgan fingerprint density at radius 1 is 1.25 bits per heavy atom. The van der Waals surface area contributed by atoms with E-state index in [2.05, 4.69) is 31.0 Å². The summed E-state index contributed by atoms with van der Waals surface area (Å²) in [5.74, 6) is 0.748. The summed E-state index contributed by atoms with van der Waals surface area (Å²) in [7, 11) is 1.88. The van der Waals surface area contributed by atoms with E-state index in [-0.39, 0.29) is 0 Å². The van der Waals surface area contributed by atoms with Crippen molar-refractivity contribution in [2.45, 2.75) is 0 Å². The average Bonchev–Trinajstić information content (AvgIpc) is 2.85. The largest absolute Gasteiger partial charge is 0.339 e. The van der Waals surface area contributed by atoms with Crippen LogP contribution in [-0.2, 0) is 7.05 Å². The van der Waals surface area contributed by atoms with E-state index in [1.54, 1.807) is 10.9 Å². The van der Waals surface area contributed by atoms with Crippen molar-refractivity contribution in [1.82, 2.24) is 19.7 Å². The van der Waals surface area contributed by atoms with Crippen molar-refractivity contribution in [2.24, 2.45) is 7.05 Å². The Hall–Kier alpha value is -1.79. The van der Waals surface area contributed by atoms with Gasteiger partial charge in [0.2, 0.25) is 0 Å². The van der Waals surface area contributed by atoms with E-state index in [9.17, 15) is 0 Å². The number of nitrogens with one attached hydrogen (secondary N) is 1. The number of nitrogens with zero attached hydrogens (tertiary/aromatic N) is 3. The predicted molar refractivity (Wildman–Crippen MR) is 84.8 cm³/mol. The van der Waals surface area contributed by atoms with Crippen LogP contribution in [0.3, 0.4) is 0 Å². The van der Waals surface area contributed by atoms with E-state index in [0.717, 1.165) is 27.1 Å². The quantitative estimate of drug-likeness (QED) is 0.714. The summed E-state index contributed by atoms with van der Waals surface area (Å²) in [4.78, 5) is 7.70. The highest BCUT2D eigenvalue weighted by Gasteiger charge is 2.06. The Bertz CT molecular complexity index is 822. The Morgan fingerprint density at radius 3 is 2.80 bits per heavy atom. The average molecular weight is 347 g/mol. The summed E-state index contributed by atoms with van der Waals surface area (Å²) >= 11 is 8.72. The molecule has 100 valence electrons. The Morgan fingerprint density at radius 2 is 2.10 bits per heavy atom. The maximum absolute atomic E-state index is 5.26. The second-order valence-corrected chi connectivity index (χ2v) is 5.73. The number of H-pyrrole nitrogens is 1. The molecular weight excluding hydrogens is 336 g/mol. The van der Waals surface area contributed by atoms with E-state index in [1.165, 1.54) is 0 Å². The monoisotopic (exact) mass is 346 g/mol. The minimum absolute atomic E-state index is 0.553. The number of benzene rings is 1. The molecule has 0 aliphatic carbocycles. The minimum atomic E-state index is 0.553. The van der Waals surface area contributed by atoms with Crippen molar-refractivity contribution in [3.8, 4) is 22.6 Å². The molecule has 3 rings (SSSR count). The van der Waals surface area contributed by atoms with Crippen LogP contribution in [0.15, 0.2) is 47.2 Å². The minimum Gasteiger partial charge on any atom is -0.339 e. The van der Waals surface area contributed by atoms with Crippen LogP contribution in [0.2, 0.25) is 0 Å². The molecule has 0 aliphatic heterocycles. The topological polar surface area (TPSA) is 46.5 Å². The molecular formula is C14H11BrN4S. The molecule has 0 spiro atoms. The highest BCUT2D eigenvalue weighted by Crippen LogP contribution is 2.23. The lowest BCUT2D eigenvalue weighted by Crippen LogP contribution is -1.92. The van der Waals surface area contributed by atoms with E-state index in [0.29, 0.717) is 4.64 Å². The standard InChI is InChI=1S/C14H11BrN4S/c1-19-8-10(7-16-19)12-6-13(20)18-14(17-12)9-3-2-4-11(15)5-9/h2-8H,1H3,(H,17,18,20). The second kappa shape index (κ2) is 5.30. The van der Waals surface area contributed by atoms with Crippen molar-refractivity contribution in [3.05, 3.63) is 51.8 Å². The fraction of sp³-hybridized carbons (Fsp3) is 0.0714. The highest BCUT2D eigenvalue weighted by atomic mass is 79.9. The van der Waals surface area contributed by atoms with Crippen molar-refractivity contribution >= 4 is 28.1 Å². The van der Waals surface area contributed by atoms with Crippen LogP contribution in [0.4, 0.5) is 0 Å². The molecule has 2 aromatic heterocycles. The molecule has 1 N–H and O–H groups in total. The van der Waals surface area contributed by atoms with Gasteiger partial charge in [0.1, 0.15) is 10.5 Å². The van der Waals surface area contributed by atoms with Crippen molar-refractivity contribution < 1.29 is 0 Å². The zero-order valence-corrected chi connectivity index (χ0v) is 13.1. The molecule has 0 fully saturated rings. The first-order valence-electron chi connectivity index (χ1n) is 5.98. The number of aromatic amines is 1. The Kier molecular flexibility index (Phi) is 3.50. The molecule has 0 unspecified atom stereocenters. The van der Waals surface area contributed by atoms with Gasteiger partial charge in [-0.15, -0.1) is 0 Å². The normalized spacial score (nSPS) is 10.7. The fourth-order valence-electron chi connectivity index (χ4n) is 1.95. The van der Waals surface area contributed by atoms with Crippen LogP contribution >= 0.6 is 28.1 Å². The lowest BCUT2D eigenvalue weighted by Gasteiger charge is -2.05. The molecule has 0 atom stereocenters. The van der Waals surface area contributed by atoms with E-state index < -0.39 is 0 Å². The van der Waals surface area contributed by atoms with Crippen LogP contribution < -0.4 is 0 Å². The maximum Gasteiger partial charge on any atom is 0.139 e. The van der Waals surface area contributed by atoms with Crippen molar-refractivity contribution in [3.63, 3.8) is 0 Å². The summed E-state index contributed by atoms with van der Waals surface area (Å²) in [6.07, 6.45) is 3.73. The maximum atomic E-state index is 5.26. The summed E-state index contributed by atoms with van der Waals surface area (Å²) < 4.78 is 3.31. The van der Waals surface area contributed by atoms with Gasteiger partial charge in [-0.25, -0.2) is 4.98 Å². The highest BCUT2D eigenvalue weighted by molar-refractivity contribution is 9.10. The molecule has 0 bridgehead atoms. The molecule has 0 saturated carbocycles. The summed E-state index contributed by atoms with van der Waals surface area (Å²) in [5, 5.41) is 4.17. The molecule has 20 heavy (non-hydrogen) atoms. The van der Waals surface area contributed by atoms with E-state index in [1.807, 2.05) is 43.6 Å². The van der Waals surface area contributed by atoms with Crippen LogP contribution in [0.1, 0.15) is 0 Å². The zero-order chi connectivity index (χ0) is 14.1. The predicted octanol–water partition coefficient (Wildman–Crippen LogP) is 3.97. The van der Waals surface area contributed by atoms with Gasteiger partial charge in [-0.05, 0) is 18.2 Å². The molecule has 1 aromatic carbocycles. The lowest BCUT2D eigenvalue weighted by molar-refractivity contribution is 0.768. The van der Waals surface area contributed by atoms with Crippen LogP contribution in [-0.4, -0.2) is 19.7 Å². The van der Waals surface area contributed by atoms with Crippen LogP contribution in [0, 0.1) is 4.64 Å². The number of rotatable bonds is 2. The first-order valence-corrected chi connectivity index (χ1v) is 7.18. The molecule has 0 amide bonds. The number of aryl methyl sites for hydroxylation is 1. The lowest BCUT2D eigenvalue weighted by atomic mass is 10.2. The molecule has 0 aliphatic rings. The molecule has 3 aromatic rings. The van der Waals surface area contributed by atoms with Crippen LogP contribution in [0.25, 0.3) is 22.6 Å². The fourth-order valence-corrected chi connectivity index (χ4v) is 2.55. The molecule has 0 saturated heterocycles. The summed E-state index contributed by atoms with van der Waals surface area (Å²) in [5.41, 5.74) is 2.88. The summed E-state index contributed by atoms with van der Waals surface area (Å²) in [6.45, 7) is 0. The van der Waals surface area contributed by atoms with Gasteiger partial charge < -0.3 is 4.98 Å². The Balaban J connectivity index is 2.14. The van der Waals surface area contributed by atoms with Gasteiger partial charge in [0.15, 0.2) is 0 Å². The number of hydrogen-bond donors (Lipinski definition) is 1.